The minimum atomic E-state index is 0.443. The number of benzene rings is 1. The van der Waals surface area contributed by atoms with Gasteiger partial charge in [-0.2, -0.15) is 0 Å². The summed E-state index contributed by atoms with van der Waals surface area (Å²) in [6.07, 6.45) is 0. The Morgan fingerprint density at radius 2 is 1.80 bits per heavy atom. The van der Waals surface area contributed by atoms with Gasteiger partial charge in [0, 0.05) is 15.4 Å². The summed E-state index contributed by atoms with van der Waals surface area (Å²) in [6, 6.07) is 11.9. The molecule has 0 aliphatic carbocycles. The predicted octanol–water partition coefficient (Wildman–Crippen LogP) is 4.98. The number of nitrogen functional groups attached to an aromatic ring is 1. The van der Waals surface area contributed by atoms with E-state index in [0.717, 1.165) is 25.1 Å². The molecule has 2 heterocycles. The first-order valence-corrected chi connectivity index (χ1v) is 8.24. The minimum absolute atomic E-state index is 0.443. The van der Waals surface area contributed by atoms with Crippen molar-refractivity contribution in [1.82, 2.24) is 9.97 Å². The van der Waals surface area contributed by atoms with Gasteiger partial charge in [0.1, 0.15) is 5.82 Å². The Hall–Kier alpha value is -1.24. The van der Waals surface area contributed by atoms with Crippen LogP contribution in [0.5, 0.6) is 0 Å². The summed E-state index contributed by atoms with van der Waals surface area (Å²) in [7, 11) is 0. The van der Waals surface area contributed by atoms with Crippen LogP contribution in [0.25, 0.3) is 22.0 Å². The number of hydrogen-bond donors (Lipinski definition) is 1. The molecule has 0 aliphatic rings. The molecule has 0 unspecified atom stereocenters. The highest BCUT2D eigenvalue weighted by Crippen LogP contribution is 2.34. The molecule has 3 rings (SSSR count). The van der Waals surface area contributed by atoms with Gasteiger partial charge in [0.05, 0.1) is 15.0 Å². The summed E-state index contributed by atoms with van der Waals surface area (Å²) < 4.78 is 1.74. The monoisotopic (exact) mass is 409 g/mol. The van der Waals surface area contributed by atoms with Crippen molar-refractivity contribution in [3.05, 3.63) is 50.7 Å². The largest absolute Gasteiger partial charge is 0.383 e. The van der Waals surface area contributed by atoms with Gasteiger partial charge in [-0.05, 0) is 37.9 Å². The van der Waals surface area contributed by atoms with Crippen LogP contribution in [-0.2, 0) is 0 Å². The van der Waals surface area contributed by atoms with Gasteiger partial charge in [-0.3, -0.25) is 0 Å². The number of halogens is 2. The SMILES string of the molecule is Nc1nc(-c2cc(Br)cs2)nc(-c2ccccc2)c1Br. The fourth-order valence-corrected chi connectivity index (χ4v) is 3.56. The zero-order chi connectivity index (χ0) is 14.1. The summed E-state index contributed by atoms with van der Waals surface area (Å²) in [4.78, 5) is 9.97. The first-order chi connectivity index (χ1) is 9.65. The van der Waals surface area contributed by atoms with E-state index < -0.39 is 0 Å². The topological polar surface area (TPSA) is 51.8 Å². The molecule has 0 radical (unpaired) electrons. The van der Waals surface area contributed by atoms with Crippen LogP contribution in [0.15, 0.2) is 50.7 Å². The number of anilines is 1. The Kier molecular flexibility index (Phi) is 3.87. The second kappa shape index (κ2) is 5.63. The second-order valence-corrected chi connectivity index (χ2v) is 6.71. The fourth-order valence-electron chi connectivity index (χ4n) is 1.79. The average molecular weight is 411 g/mol. The van der Waals surface area contributed by atoms with Gasteiger partial charge in [-0.15, -0.1) is 11.3 Å². The molecule has 6 heteroatoms. The number of thiophene rings is 1. The van der Waals surface area contributed by atoms with Crippen LogP contribution < -0.4 is 5.73 Å². The first-order valence-electron chi connectivity index (χ1n) is 5.78. The smallest absolute Gasteiger partial charge is 0.172 e. The highest BCUT2D eigenvalue weighted by Gasteiger charge is 2.14. The molecule has 0 saturated heterocycles. The molecule has 2 N–H and O–H groups in total. The third-order valence-electron chi connectivity index (χ3n) is 2.71. The van der Waals surface area contributed by atoms with E-state index in [1.54, 1.807) is 11.3 Å². The van der Waals surface area contributed by atoms with Gasteiger partial charge in [0.15, 0.2) is 5.82 Å². The average Bonchev–Trinajstić information content (AvgIpc) is 2.89. The molecule has 0 fully saturated rings. The highest BCUT2D eigenvalue weighted by atomic mass is 79.9. The first kappa shape index (κ1) is 13.7. The molecule has 0 saturated carbocycles. The lowest BCUT2D eigenvalue weighted by molar-refractivity contribution is 1.18. The number of nitrogens with zero attached hydrogens (tertiary/aromatic N) is 2. The molecule has 100 valence electrons. The summed E-state index contributed by atoms with van der Waals surface area (Å²) in [5, 5.41) is 2.00. The van der Waals surface area contributed by atoms with Crippen LogP contribution >= 0.6 is 43.2 Å². The molecule has 3 nitrogen and oxygen atoms in total. The van der Waals surface area contributed by atoms with Gasteiger partial charge in [0.2, 0.25) is 0 Å². The lowest BCUT2D eigenvalue weighted by atomic mass is 10.1. The molecule has 2 aromatic heterocycles. The Bertz CT molecular complexity index is 756. The molecule has 0 atom stereocenters. The summed E-state index contributed by atoms with van der Waals surface area (Å²) in [5.74, 6) is 1.08. The van der Waals surface area contributed by atoms with Crippen molar-refractivity contribution < 1.29 is 0 Å². The Balaban J connectivity index is 2.18. The number of aromatic nitrogens is 2. The third-order valence-corrected chi connectivity index (χ3v) is 5.18. The zero-order valence-electron chi connectivity index (χ0n) is 10.2. The molecule has 0 bridgehead atoms. The van der Waals surface area contributed by atoms with E-state index in [1.807, 2.05) is 41.8 Å². The maximum absolute atomic E-state index is 6.00. The van der Waals surface area contributed by atoms with Crippen molar-refractivity contribution in [1.29, 1.82) is 0 Å². The molecule has 0 aliphatic heterocycles. The van der Waals surface area contributed by atoms with Crippen LogP contribution in [0, 0.1) is 0 Å². The van der Waals surface area contributed by atoms with Crippen LogP contribution in [0.1, 0.15) is 0 Å². The van der Waals surface area contributed by atoms with Gasteiger partial charge >= 0.3 is 0 Å². The second-order valence-electron chi connectivity index (χ2n) is 4.09. The molecule has 0 spiro atoms. The maximum atomic E-state index is 6.00. The van der Waals surface area contributed by atoms with Crippen LogP contribution in [-0.4, -0.2) is 9.97 Å². The molecule has 20 heavy (non-hydrogen) atoms. The Labute approximate surface area is 137 Å². The van der Waals surface area contributed by atoms with E-state index in [2.05, 4.69) is 41.8 Å². The van der Waals surface area contributed by atoms with Crippen molar-refractivity contribution in [2.45, 2.75) is 0 Å². The summed E-state index contributed by atoms with van der Waals surface area (Å²) >= 11 is 8.49. The molecule has 1 aromatic carbocycles. The van der Waals surface area contributed by atoms with E-state index in [1.165, 1.54) is 0 Å². The number of nitrogens with two attached hydrogens (primary N) is 1. The van der Waals surface area contributed by atoms with Gasteiger partial charge in [-0.25, -0.2) is 9.97 Å². The van der Waals surface area contributed by atoms with E-state index in [4.69, 9.17) is 5.73 Å². The zero-order valence-corrected chi connectivity index (χ0v) is 14.2. The van der Waals surface area contributed by atoms with E-state index in [9.17, 15) is 0 Å². The van der Waals surface area contributed by atoms with Crippen molar-refractivity contribution in [2.24, 2.45) is 0 Å². The summed E-state index contributed by atoms with van der Waals surface area (Å²) in [5.41, 5.74) is 7.81. The normalized spacial score (nSPS) is 10.7. The van der Waals surface area contributed by atoms with Gasteiger partial charge in [-0.1, -0.05) is 30.3 Å². The quantitative estimate of drug-likeness (QED) is 0.648. The minimum Gasteiger partial charge on any atom is -0.383 e. The van der Waals surface area contributed by atoms with Crippen molar-refractivity contribution in [2.75, 3.05) is 5.73 Å². The predicted molar refractivity (Wildman–Crippen MR) is 90.6 cm³/mol. The standard InChI is InChI=1S/C14H9Br2N3S/c15-9-6-10(20-7-9)14-18-12(11(16)13(17)19-14)8-4-2-1-3-5-8/h1-7H,(H2,17,18,19). The van der Waals surface area contributed by atoms with Gasteiger partial charge < -0.3 is 5.73 Å². The number of rotatable bonds is 2. The molecule has 3 aromatic rings. The third kappa shape index (κ3) is 2.63. The fraction of sp³-hybridized carbons (Fsp3) is 0. The lowest BCUT2D eigenvalue weighted by Crippen LogP contribution is -1.99. The van der Waals surface area contributed by atoms with Crippen LogP contribution in [0.4, 0.5) is 5.82 Å². The Morgan fingerprint density at radius 3 is 2.45 bits per heavy atom. The van der Waals surface area contributed by atoms with E-state index >= 15 is 0 Å². The van der Waals surface area contributed by atoms with Crippen LogP contribution in [0.3, 0.4) is 0 Å². The highest BCUT2D eigenvalue weighted by molar-refractivity contribution is 9.11. The van der Waals surface area contributed by atoms with Crippen LogP contribution in [0.2, 0.25) is 0 Å². The van der Waals surface area contributed by atoms with Crippen molar-refractivity contribution in [3.8, 4) is 22.0 Å². The van der Waals surface area contributed by atoms with Crippen molar-refractivity contribution >= 4 is 49.0 Å². The maximum Gasteiger partial charge on any atom is 0.172 e. The van der Waals surface area contributed by atoms with Gasteiger partial charge in [0.25, 0.3) is 0 Å². The molecular weight excluding hydrogens is 402 g/mol. The molecular formula is C14H9Br2N3S. The van der Waals surface area contributed by atoms with E-state index in [-0.39, 0.29) is 0 Å². The Morgan fingerprint density at radius 1 is 1.05 bits per heavy atom. The van der Waals surface area contributed by atoms with Crippen molar-refractivity contribution in [3.63, 3.8) is 0 Å². The summed E-state index contributed by atoms with van der Waals surface area (Å²) in [6.45, 7) is 0. The van der Waals surface area contributed by atoms with E-state index in [0.29, 0.717) is 11.6 Å². The lowest BCUT2D eigenvalue weighted by Gasteiger charge is -2.08. The number of hydrogen-bond acceptors (Lipinski definition) is 4. The molecule has 0 amide bonds.